The van der Waals surface area contributed by atoms with Crippen molar-refractivity contribution < 1.29 is 23.9 Å². The number of rotatable bonds is 8. The molecule has 1 aromatic heterocycles. The number of benzene rings is 2. The minimum Gasteiger partial charge on any atom is -0.495 e. The Labute approximate surface area is 183 Å². The number of hydrogen-bond donors (Lipinski definition) is 2. The minimum atomic E-state index is -0.706. The molecule has 0 unspecified atom stereocenters. The zero-order valence-corrected chi connectivity index (χ0v) is 17.8. The number of aromatic nitrogens is 1. The van der Waals surface area contributed by atoms with Gasteiger partial charge in [0.15, 0.2) is 12.3 Å². The molecule has 2 amide bonds. The van der Waals surface area contributed by atoms with E-state index in [1.165, 1.54) is 18.4 Å². The third kappa shape index (κ3) is 6.13. The SMILES string of the molecule is COc1ccc(C)cc1NC(=O)CNC(=O)COC(=O)c1csc(-c2ccccc2)n1. The predicted molar refractivity (Wildman–Crippen MR) is 117 cm³/mol. The largest absolute Gasteiger partial charge is 0.495 e. The number of esters is 1. The molecule has 0 radical (unpaired) electrons. The maximum absolute atomic E-state index is 12.1. The standard InChI is InChI=1S/C22H21N3O5S/c1-14-8-9-18(29-2)16(10-14)24-19(26)11-23-20(27)12-30-22(28)17-13-31-21(25-17)15-6-4-3-5-7-15/h3-10,13H,11-12H2,1-2H3,(H,23,27)(H,24,26). The van der Waals surface area contributed by atoms with Crippen molar-refractivity contribution in [1.29, 1.82) is 0 Å². The summed E-state index contributed by atoms with van der Waals surface area (Å²) in [4.78, 5) is 40.4. The summed E-state index contributed by atoms with van der Waals surface area (Å²) < 4.78 is 10.2. The molecule has 0 fully saturated rings. The Bertz CT molecular complexity index is 1080. The molecule has 0 saturated carbocycles. The van der Waals surface area contributed by atoms with E-state index >= 15 is 0 Å². The lowest BCUT2D eigenvalue weighted by molar-refractivity contribution is -0.126. The Balaban J connectivity index is 1.45. The van der Waals surface area contributed by atoms with Crippen LogP contribution in [0.2, 0.25) is 0 Å². The van der Waals surface area contributed by atoms with Crippen LogP contribution in [-0.2, 0) is 14.3 Å². The summed E-state index contributed by atoms with van der Waals surface area (Å²) in [5.41, 5.74) is 2.47. The summed E-state index contributed by atoms with van der Waals surface area (Å²) >= 11 is 1.31. The molecular weight excluding hydrogens is 418 g/mol. The van der Waals surface area contributed by atoms with Gasteiger partial charge in [-0.25, -0.2) is 9.78 Å². The second-order valence-corrected chi connectivity index (χ2v) is 7.37. The molecule has 0 aliphatic heterocycles. The van der Waals surface area contributed by atoms with E-state index in [0.29, 0.717) is 16.4 Å². The van der Waals surface area contributed by atoms with E-state index in [4.69, 9.17) is 9.47 Å². The maximum atomic E-state index is 12.1. The zero-order valence-electron chi connectivity index (χ0n) is 17.0. The normalized spacial score (nSPS) is 10.3. The van der Waals surface area contributed by atoms with E-state index in [1.54, 1.807) is 17.5 Å². The number of nitrogens with one attached hydrogen (secondary N) is 2. The zero-order chi connectivity index (χ0) is 22.2. The van der Waals surface area contributed by atoms with Crippen molar-refractivity contribution in [3.05, 3.63) is 65.2 Å². The van der Waals surface area contributed by atoms with Gasteiger partial charge in [0.05, 0.1) is 19.3 Å². The van der Waals surface area contributed by atoms with Crippen LogP contribution in [0, 0.1) is 6.92 Å². The molecule has 31 heavy (non-hydrogen) atoms. The second-order valence-electron chi connectivity index (χ2n) is 6.51. The molecule has 0 atom stereocenters. The Kier molecular flexibility index (Phi) is 7.34. The third-order valence-electron chi connectivity index (χ3n) is 4.14. The first-order valence-electron chi connectivity index (χ1n) is 9.35. The van der Waals surface area contributed by atoms with Gasteiger partial charge in [-0.05, 0) is 24.6 Å². The lowest BCUT2D eigenvalue weighted by Gasteiger charge is -2.11. The molecule has 0 bridgehead atoms. The van der Waals surface area contributed by atoms with Crippen molar-refractivity contribution in [2.45, 2.75) is 6.92 Å². The highest BCUT2D eigenvalue weighted by atomic mass is 32.1. The summed E-state index contributed by atoms with van der Waals surface area (Å²) in [6.07, 6.45) is 0. The van der Waals surface area contributed by atoms with Crippen molar-refractivity contribution in [3.8, 4) is 16.3 Å². The van der Waals surface area contributed by atoms with Crippen LogP contribution < -0.4 is 15.4 Å². The fourth-order valence-corrected chi connectivity index (χ4v) is 3.43. The number of carbonyl (C=O) groups is 3. The predicted octanol–water partition coefficient (Wildman–Crippen LogP) is 3.04. The van der Waals surface area contributed by atoms with Crippen LogP contribution in [0.15, 0.2) is 53.9 Å². The Morgan fingerprint density at radius 2 is 1.84 bits per heavy atom. The molecular formula is C22H21N3O5S. The topological polar surface area (TPSA) is 107 Å². The number of hydrogen-bond acceptors (Lipinski definition) is 7. The molecule has 0 aliphatic carbocycles. The number of nitrogens with zero attached hydrogens (tertiary/aromatic N) is 1. The lowest BCUT2D eigenvalue weighted by atomic mass is 10.2. The summed E-state index contributed by atoms with van der Waals surface area (Å²) in [5, 5.41) is 7.33. The number of carbonyl (C=O) groups excluding carboxylic acids is 3. The molecule has 3 rings (SSSR count). The molecule has 8 nitrogen and oxygen atoms in total. The van der Waals surface area contributed by atoms with E-state index in [2.05, 4.69) is 15.6 Å². The highest BCUT2D eigenvalue weighted by molar-refractivity contribution is 7.13. The van der Waals surface area contributed by atoms with E-state index in [-0.39, 0.29) is 12.2 Å². The van der Waals surface area contributed by atoms with E-state index < -0.39 is 24.4 Å². The van der Waals surface area contributed by atoms with Gasteiger partial charge in [-0.15, -0.1) is 11.3 Å². The summed E-state index contributed by atoms with van der Waals surface area (Å²) in [6, 6.07) is 14.8. The van der Waals surface area contributed by atoms with Gasteiger partial charge in [-0.2, -0.15) is 0 Å². The fourth-order valence-electron chi connectivity index (χ4n) is 2.63. The number of methoxy groups -OCH3 is 1. The fraction of sp³-hybridized carbons (Fsp3) is 0.182. The first-order valence-corrected chi connectivity index (χ1v) is 10.2. The number of anilines is 1. The van der Waals surface area contributed by atoms with Crippen molar-refractivity contribution in [2.75, 3.05) is 25.6 Å². The van der Waals surface area contributed by atoms with Gasteiger partial charge < -0.3 is 20.1 Å². The smallest absolute Gasteiger partial charge is 0.358 e. The molecule has 160 valence electrons. The van der Waals surface area contributed by atoms with Crippen LogP contribution in [-0.4, -0.2) is 43.0 Å². The van der Waals surface area contributed by atoms with Gasteiger partial charge >= 0.3 is 5.97 Å². The van der Waals surface area contributed by atoms with E-state index in [1.807, 2.05) is 43.3 Å². The maximum Gasteiger partial charge on any atom is 0.358 e. The number of thiazole rings is 1. The lowest BCUT2D eigenvalue weighted by Crippen LogP contribution is -2.35. The van der Waals surface area contributed by atoms with Crippen LogP contribution in [0.25, 0.3) is 10.6 Å². The summed E-state index contributed by atoms with van der Waals surface area (Å²) in [5.74, 6) is -1.23. The molecule has 0 saturated heterocycles. The van der Waals surface area contributed by atoms with Gasteiger partial charge in [0.25, 0.3) is 5.91 Å². The first kappa shape index (κ1) is 22.0. The van der Waals surface area contributed by atoms with E-state index in [9.17, 15) is 14.4 Å². The van der Waals surface area contributed by atoms with Crippen molar-refractivity contribution >= 4 is 34.8 Å². The Hall–Kier alpha value is -3.72. The molecule has 2 aromatic carbocycles. The van der Waals surface area contributed by atoms with Crippen molar-refractivity contribution in [3.63, 3.8) is 0 Å². The van der Waals surface area contributed by atoms with Gasteiger partial charge in [-0.1, -0.05) is 36.4 Å². The Morgan fingerprint density at radius 1 is 1.06 bits per heavy atom. The Morgan fingerprint density at radius 3 is 2.58 bits per heavy atom. The summed E-state index contributed by atoms with van der Waals surface area (Å²) in [7, 11) is 1.50. The van der Waals surface area contributed by atoms with Gasteiger partial charge in [0.2, 0.25) is 5.91 Å². The summed E-state index contributed by atoms with van der Waals surface area (Å²) in [6.45, 7) is 1.09. The molecule has 0 spiro atoms. The second kappa shape index (κ2) is 10.4. The number of amides is 2. The van der Waals surface area contributed by atoms with Crippen LogP contribution in [0.3, 0.4) is 0 Å². The van der Waals surface area contributed by atoms with Gasteiger partial charge in [-0.3, -0.25) is 9.59 Å². The molecule has 1 heterocycles. The number of ether oxygens (including phenoxy) is 2. The van der Waals surface area contributed by atoms with Crippen LogP contribution >= 0.6 is 11.3 Å². The third-order valence-corrected chi connectivity index (χ3v) is 5.03. The molecule has 0 aliphatic rings. The van der Waals surface area contributed by atoms with Crippen molar-refractivity contribution in [2.24, 2.45) is 0 Å². The highest BCUT2D eigenvalue weighted by Gasteiger charge is 2.15. The monoisotopic (exact) mass is 439 g/mol. The molecule has 3 aromatic rings. The van der Waals surface area contributed by atoms with Gasteiger partial charge in [0, 0.05) is 10.9 Å². The van der Waals surface area contributed by atoms with Crippen LogP contribution in [0.1, 0.15) is 16.1 Å². The quantitative estimate of drug-likeness (QED) is 0.523. The first-order chi connectivity index (χ1) is 15.0. The molecule has 9 heteroatoms. The van der Waals surface area contributed by atoms with Gasteiger partial charge in [0.1, 0.15) is 10.8 Å². The van der Waals surface area contributed by atoms with E-state index in [0.717, 1.165) is 11.1 Å². The number of aryl methyl sites for hydroxylation is 1. The van der Waals surface area contributed by atoms with Crippen LogP contribution in [0.5, 0.6) is 5.75 Å². The average molecular weight is 439 g/mol. The highest BCUT2D eigenvalue weighted by Crippen LogP contribution is 2.25. The van der Waals surface area contributed by atoms with Crippen molar-refractivity contribution in [1.82, 2.24) is 10.3 Å². The minimum absolute atomic E-state index is 0.126. The van der Waals surface area contributed by atoms with Crippen LogP contribution in [0.4, 0.5) is 5.69 Å². The average Bonchev–Trinajstić information content (AvgIpc) is 3.27. The molecule has 2 N–H and O–H groups in total.